The maximum atomic E-state index is 11.7. The summed E-state index contributed by atoms with van der Waals surface area (Å²) in [6, 6.07) is 10.7. The second-order valence-electron chi connectivity index (χ2n) is 4.31. The third kappa shape index (κ3) is 4.76. The Balaban J connectivity index is 1.67. The van der Waals surface area contributed by atoms with Gasteiger partial charge in [-0.25, -0.2) is 0 Å². The van der Waals surface area contributed by atoms with Crippen molar-refractivity contribution in [3.8, 4) is 5.75 Å². The van der Waals surface area contributed by atoms with Crippen LogP contribution in [-0.4, -0.2) is 25.3 Å². The highest BCUT2D eigenvalue weighted by Crippen LogP contribution is 2.08. The molecule has 1 aromatic carbocycles. The Morgan fingerprint density at radius 2 is 2.05 bits per heavy atom. The molecule has 100 valence electrons. The second-order valence-corrected chi connectivity index (χ2v) is 4.31. The molecule has 2 rings (SSSR count). The molecule has 1 heterocycles. The standard InChI is InChI=1S/C15H15BN2O2/c16-12-3-1-4-14(11-12)20-10-2-5-15(19)18-13-6-8-17-9-7-13/h1,3-4,6-9,11H,2,5,10H2,(H,17,18,19). The van der Waals surface area contributed by atoms with E-state index in [1.165, 1.54) is 0 Å². The molecule has 5 heteroatoms. The van der Waals surface area contributed by atoms with E-state index in [2.05, 4.69) is 10.3 Å². The summed E-state index contributed by atoms with van der Waals surface area (Å²) in [5.41, 5.74) is 1.42. The molecule has 0 fully saturated rings. The highest BCUT2D eigenvalue weighted by atomic mass is 16.5. The largest absolute Gasteiger partial charge is 0.494 e. The highest BCUT2D eigenvalue weighted by molar-refractivity contribution is 6.32. The Kier molecular flexibility index (Phi) is 5.18. The van der Waals surface area contributed by atoms with Crippen molar-refractivity contribution < 1.29 is 9.53 Å². The van der Waals surface area contributed by atoms with E-state index in [9.17, 15) is 4.79 Å². The molecular weight excluding hydrogens is 251 g/mol. The lowest BCUT2D eigenvalue weighted by atomic mass is 9.96. The highest BCUT2D eigenvalue weighted by Gasteiger charge is 2.02. The van der Waals surface area contributed by atoms with Crippen molar-refractivity contribution in [3.63, 3.8) is 0 Å². The van der Waals surface area contributed by atoms with Gasteiger partial charge in [0.1, 0.15) is 13.6 Å². The molecule has 0 spiro atoms. The van der Waals surface area contributed by atoms with Gasteiger partial charge in [0.2, 0.25) is 5.91 Å². The van der Waals surface area contributed by atoms with E-state index in [0.29, 0.717) is 24.9 Å². The number of carbonyl (C=O) groups is 1. The fraction of sp³-hybridized carbons (Fsp3) is 0.200. The average Bonchev–Trinajstić information content (AvgIpc) is 2.45. The number of carbonyl (C=O) groups excluding carboxylic acids is 1. The average molecular weight is 266 g/mol. The zero-order chi connectivity index (χ0) is 14.2. The maximum Gasteiger partial charge on any atom is 0.224 e. The van der Waals surface area contributed by atoms with Gasteiger partial charge in [-0.1, -0.05) is 17.6 Å². The minimum atomic E-state index is -0.0348. The fourth-order valence-electron chi connectivity index (χ4n) is 1.69. The van der Waals surface area contributed by atoms with Crippen LogP contribution >= 0.6 is 0 Å². The Morgan fingerprint density at radius 1 is 1.25 bits per heavy atom. The number of benzene rings is 1. The lowest BCUT2D eigenvalue weighted by Gasteiger charge is -2.07. The molecule has 2 radical (unpaired) electrons. The van der Waals surface area contributed by atoms with E-state index in [-0.39, 0.29) is 5.91 Å². The van der Waals surface area contributed by atoms with Gasteiger partial charge < -0.3 is 10.1 Å². The first kappa shape index (κ1) is 14.1. The van der Waals surface area contributed by atoms with Crippen molar-refractivity contribution >= 4 is 24.9 Å². The minimum Gasteiger partial charge on any atom is -0.494 e. The Hall–Kier alpha value is -2.30. The predicted octanol–water partition coefficient (Wildman–Crippen LogP) is 1.67. The lowest BCUT2D eigenvalue weighted by molar-refractivity contribution is -0.116. The number of amides is 1. The van der Waals surface area contributed by atoms with Crippen molar-refractivity contribution in [1.29, 1.82) is 0 Å². The fourth-order valence-corrected chi connectivity index (χ4v) is 1.69. The Morgan fingerprint density at radius 3 is 2.80 bits per heavy atom. The molecule has 1 aromatic heterocycles. The molecule has 0 bridgehead atoms. The minimum absolute atomic E-state index is 0.0348. The van der Waals surface area contributed by atoms with Crippen LogP contribution in [0.25, 0.3) is 0 Å². The molecule has 0 aliphatic rings. The molecule has 0 atom stereocenters. The van der Waals surface area contributed by atoms with Crippen molar-refractivity contribution in [2.24, 2.45) is 0 Å². The van der Waals surface area contributed by atoms with E-state index in [1.54, 1.807) is 36.7 Å². The van der Waals surface area contributed by atoms with Gasteiger partial charge in [-0.05, 0) is 30.7 Å². The van der Waals surface area contributed by atoms with Gasteiger partial charge in [0.05, 0.1) is 6.61 Å². The molecule has 0 saturated carbocycles. The number of ether oxygens (including phenoxy) is 1. The summed E-state index contributed by atoms with van der Waals surface area (Å²) < 4.78 is 5.52. The van der Waals surface area contributed by atoms with Crippen LogP contribution in [0.1, 0.15) is 12.8 Å². The van der Waals surface area contributed by atoms with Crippen LogP contribution in [0, 0.1) is 0 Å². The van der Waals surface area contributed by atoms with Gasteiger partial charge >= 0.3 is 0 Å². The SMILES string of the molecule is [B]c1cccc(OCCCC(=O)Nc2ccncc2)c1. The normalized spacial score (nSPS) is 10.0. The van der Waals surface area contributed by atoms with Crippen LogP contribution in [0.4, 0.5) is 5.69 Å². The molecule has 0 unspecified atom stereocenters. The van der Waals surface area contributed by atoms with Crippen LogP contribution in [0.15, 0.2) is 48.8 Å². The quantitative estimate of drug-likeness (QED) is 0.639. The second kappa shape index (κ2) is 7.33. The zero-order valence-corrected chi connectivity index (χ0v) is 11.1. The maximum absolute atomic E-state index is 11.7. The molecule has 2 aromatic rings. The predicted molar refractivity (Wildman–Crippen MR) is 79.4 cm³/mol. The number of hydrogen-bond donors (Lipinski definition) is 1. The molecule has 0 saturated heterocycles. The van der Waals surface area contributed by atoms with Gasteiger partial charge in [0.25, 0.3) is 0 Å². The number of rotatable bonds is 6. The third-order valence-corrected chi connectivity index (χ3v) is 2.64. The van der Waals surface area contributed by atoms with Crippen molar-refractivity contribution in [1.82, 2.24) is 4.98 Å². The van der Waals surface area contributed by atoms with Gasteiger partial charge in [-0.2, -0.15) is 0 Å². The summed E-state index contributed by atoms with van der Waals surface area (Å²) in [7, 11) is 5.65. The van der Waals surface area contributed by atoms with Crippen molar-refractivity contribution in [2.75, 3.05) is 11.9 Å². The van der Waals surface area contributed by atoms with Crippen LogP contribution < -0.4 is 15.5 Å². The molecule has 4 nitrogen and oxygen atoms in total. The van der Waals surface area contributed by atoms with Gasteiger partial charge in [-0.15, -0.1) is 0 Å². The number of nitrogens with zero attached hydrogens (tertiary/aromatic N) is 1. The lowest BCUT2D eigenvalue weighted by Crippen LogP contribution is -2.13. The number of aromatic nitrogens is 1. The summed E-state index contributed by atoms with van der Waals surface area (Å²) in [5, 5.41) is 2.80. The summed E-state index contributed by atoms with van der Waals surface area (Å²) in [6.45, 7) is 0.479. The van der Waals surface area contributed by atoms with Gasteiger partial charge in [0, 0.05) is 24.5 Å². The van der Waals surface area contributed by atoms with Crippen molar-refractivity contribution in [2.45, 2.75) is 12.8 Å². The first-order chi connectivity index (χ1) is 9.74. The summed E-state index contributed by atoms with van der Waals surface area (Å²) >= 11 is 0. The van der Waals surface area contributed by atoms with Gasteiger partial charge in [-0.3, -0.25) is 9.78 Å². The molecule has 1 N–H and O–H groups in total. The van der Waals surface area contributed by atoms with E-state index >= 15 is 0 Å². The number of hydrogen-bond acceptors (Lipinski definition) is 3. The van der Waals surface area contributed by atoms with E-state index in [1.807, 2.05) is 12.1 Å². The molecule has 20 heavy (non-hydrogen) atoms. The molecule has 0 aliphatic carbocycles. The van der Waals surface area contributed by atoms with E-state index in [4.69, 9.17) is 12.6 Å². The molecular formula is C15H15BN2O2. The van der Waals surface area contributed by atoms with E-state index < -0.39 is 0 Å². The van der Waals surface area contributed by atoms with Gasteiger partial charge in [0.15, 0.2) is 0 Å². The topological polar surface area (TPSA) is 51.2 Å². The number of pyridine rings is 1. The third-order valence-electron chi connectivity index (χ3n) is 2.64. The van der Waals surface area contributed by atoms with Crippen molar-refractivity contribution in [3.05, 3.63) is 48.8 Å². The monoisotopic (exact) mass is 266 g/mol. The Bertz CT molecular complexity index is 561. The first-order valence-electron chi connectivity index (χ1n) is 6.42. The Labute approximate surface area is 119 Å². The molecule has 1 amide bonds. The summed E-state index contributed by atoms with van der Waals surface area (Å²) in [4.78, 5) is 15.6. The molecule has 0 aliphatic heterocycles. The van der Waals surface area contributed by atoms with Crippen LogP contribution in [0.2, 0.25) is 0 Å². The van der Waals surface area contributed by atoms with Crippen LogP contribution in [0.3, 0.4) is 0 Å². The zero-order valence-electron chi connectivity index (χ0n) is 11.1. The first-order valence-corrected chi connectivity index (χ1v) is 6.42. The summed E-state index contributed by atoms with van der Waals surface area (Å²) in [5.74, 6) is 0.687. The van der Waals surface area contributed by atoms with E-state index in [0.717, 1.165) is 11.4 Å². The number of anilines is 1. The summed E-state index contributed by atoms with van der Waals surface area (Å²) in [6.07, 6.45) is 4.33. The number of nitrogens with one attached hydrogen (secondary N) is 1. The van der Waals surface area contributed by atoms with Crippen LogP contribution in [0.5, 0.6) is 5.75 Å². The van der Waals surface area contributed by atoms with Crippen LogP contribution in [-0.2, 0) is 4.79 Å². The smallest absolute Gasteiger partial charge is 0.224 e.